The number of aromatic nitrogens is 2. The van der Waals surface area contributed by atoms with Gasteiger partial charge in [-0.05, 0) is 82.0 Å². The van der Waals surface area contributed by atoms with E-state index >= 15 is 0 Å². The molecule has 1 heterocycles. The van der Waals surface area contributed by atoms with Gasteiger partial charge in [0.1, 0.15) is 5.82 Å². The fraction of sp³-hybridized carbons (Fsp3) is 0.500. The molecule has 0 aliphatic rings. The summed E-state index contributed by atoms with van der Waals surface area (Å²) in [5.74, 6) is 0.455. The van der Waals surface area contributed by atoms with Gasteiger partial charge in [-0.3, -0.25) is 4.79 Å². The second-order valence-corrected chi connectivity index (χ2v) is 10.2. The maximum Gasteiger partial charge on any atom is 0.416 e. The maximum absolute atomic E-state index is 13.8. The molecule has 0 saturated carbocycles. The van der Waals surface area contributed by atoms with Gasteiger partial charge in [0.05, 0.1) is 23.1 Å². The summed E-state index contributed by atoms with van der Waals surface area (Å²) < 4.78 is 42.4. The van der Waals surface area contributed by atoms with E-state index in [1.807, 2.05) is 27.7 Å². The van der Waals surface area contributed by atoms with Crippen molar-refractivity contribution in [2.45, 2.75) is 92.0 Å². The van der Waals surface area contributed by atoms with E-state index < -0.39 is 11.7 Å². The lowest BCUT2D eigenvalue weighted by atomic mass is 10.0. The minimum Gasteiger partial charge on any atom is -0.329 e. The third-order valence-corrected chi connectivity index (χ3v) is 6.82. The molecule has 0 N–H and O–H groups in total. The number of benzene rings is 2. The van der Waals surface area contributed by atoms with Gasteiger partial charge in [-0.25, -0.2) is 4.98 Å². The first kappa shape index (κ1) is 28.0. The molecular formula is C28H35ClF3N3O. The second kappa shape index (κ2) is 11.2. The zero-order chi connectivity index (χ0) is 26.8. The van der Waals surface area contributed by atoms with Crippen LogP contribution in [0.2, 0.25) is 5.02 Å². The molecular weight excluding hydrogens is 487 g/mol. The largest absolute Gasteiger partial charge is 0.416 e. The van der Waals surface area contributed by atoms with Crippen molar-refractivity contribution >= 4 is 28.5 Å². The van der Waals surface area contributed by atoms with Crippen LogP contribution in [0, 0.1) is 13.8 Å². The number of rotatable bonds is 9. The van der Waals surface area contributed by atoms with E-state index in [-0.39, 0.29) is 24.5 Å². The van der Waals surface area contributed by atoms with Gasteiger partial charge in [-0.1, -0.05) is 38.3 Å². The standard InChI is InChI=1S/C28H35ClF3N3O/c1-7-9-22(10-8-2)35-24-12-11-20(28(30,31)32)15-23(24)33-25(35)16-34(17(3)4)27(36)26-18(5)13-21(29)14-19(26)6/h11-15,17,22H,7-10,16H2,1-6H3. The van der Waals surface area contributed by atoms with Crippen LogP contribution in [0.1, 0.15) is 92.3 Å². The molecule has 8 heteroatoms. The fourth-order valence-electron chi connectivity index (χ4n) is 4.95. The second-order valence-electron chi connectivity index (χ2n) is 9.77. The number of carbonyl (C=O) groups excluding carboxylic acids is 1. The van der Waals surface area contributed by atoms with Crippen molar-refractivity contribution in [2.24, 2.45) is 0 Å². The molecule has 0 aliphatic carbocycles. The molecule has 3 rings (SSSR count). The number of hydrogen-bond acceptors (Lipinski definition) is 2. The summed E-state index contributed by atoms with van der Waals surface area (Å²) in [5.41, 5.74) is 2.40. The Hall–Kier alpha value is -2.54. The molecule has 36 heavy (non-hydrogen) atoms. The Balaban J connectivity index is 2.15. The quantitative estimate of drug-likeness (QED) is 0.283. The summed E-state index contributed by atoms with van der Waals surface area (Å²) in [6.07, 6.45) is -0.842. The molecule has 0 fully saturated rings. The lowest BCUT2D eigenvalue weighted by molar-refractivity contribution is -0.137. The zero-order valence-electron chi connectivity index (χ0n) is 21.8. The SMILES string of the molecule is CCCC(CCC)n1c(CN(C(=O)c2c(C)cc(Cl)cc2C)C(C)C)nc2cc(C(F)(F)F)ccc21. The van der Waals surface area contributed by atoms with Crippen molar-refractivity contribution in [1.82, 2.24) is 14.5 Å². The van der Waals surface area contributed by atoms with Crippen molar-refractivity contribution in [1.29, 1.82) is 0 Å². The van der Waals surface area contributed by atoms with E-state index in [4.69, 9.17) is 11.6 Å². The first-order valence-electron chi connectivity index (χ1n) is 12.5. The number of carbonyl (C=O) groups is 1. The molecule has 0 spiro atoms. The summed E-state index contributed by atoms with van der Waals surface area (Å²) in [7, 11) is 0. The number of alkyl halides is 3. The number of amides is 1. The molecule has 3 aromatic rings. The van der Waals surface area contributed by atoms with Gasteiger partial charge in [0, 0.05) is 22.7 Å². The van der Waals surface area contributed by atoms with Crippen molar-refractivity contribution in [3.05, 3.63) is 63.4 Å². The van der Waals surface area contributed by atoms with Crippen LogP contribution in [0.4, 0.5) is 13.2 Å². The van der Waals surface area contributed by atoms with Gasteiger partial charge < -0.3 is 9.47 Å². The molecule has 2 aromatic carbocycles. The highest BCUT2D eigenvalue weighted by Crippen LogP contribution is 2.34. The van der Waals surface area contributed by atoms with Gasteiger partial charge >= 0.3 is 6.18 Å². The predicted octanol–water partition coefficient (Wildman–Crippen LogP) is 8.52. The minimum absolute atomic E-state index is 0.0832. The Morgan fingerprint density at radius 3 is 2.14 bits per heavy atom. The zero-order valence-corrected chi connectivity index (χ0v) is 22.6. The van der Waals surface area contributed by atoms with Crippen LogP contribution in [-0.4, -0.2) is 26.4 Å². The van der Waals surface area contributed by atoms with Crippen LogP contribution < -0.4 is 0 Å². The lowest BCUT2D eigenvalue weighted by Gasteiger charge is -2.29. The third-order valence-electron chi connectivity index (χ3n) is 6.61. The Morgan fingerprint density at radius 1 is 1.06 bits per heavy atom. The normalized spacial score (nSPS) is 12.2. The fourth-order valence-corrected chi connectivity index (χ4v) is 5.27. The predicted molar refractivity (Wildman–Crippen MR) is 140 cm³/mol. The summed E-state index contributed by atoms with van der Waals surface area (Å²) in [6.45, 7) is 12.0. The number of imidazole rings is 1. The summed E-state index contributed by atoms with van der Waals surface area (Å²) in [5, 5.41) is 0.571. The van der Waals surface area contributed by atoms with Gasteiger partial charge in [-0.2, -0.15) is 13.2 Å². The molecule has 0 atom stereocenters. The molecule has 1 aromatic heterocycles. The summed E-state index contributed by atoms with van der Waals surface area (Å²) >= 11 is 6.19. The van der Waals surface area contributed by atoms with Crippen molar-refractivity contribution in [3.8, 4) is 0 Å². The van der Waals surface area contributed by atoms with Crippen LogP contribution in [0.25, 0.3) is 11.0 Å². The average molecular weight is 522 g/mol. The van der Waals surface area contributed by atoms with E-state index in [0.29, 0.717) is 27.4 Å². The van der Waals surface area contributed by atoms with E-state index in [9.17, 15) is 18.0 Å². The van der Waals surface area contributed by atoms with Crippen molar-refractivity contribution in [3.63, 3.8) is 0 Å². The molecule has 0 aliphatic heterocycles. The molecule has 0 saturated heterocycles. The Kier molecular flexibility index (Phi) is 8.75. The number of hydrogen-bond donors (Lipinski definition) is 0. The smallest absolute Gasteiger partial charge is 0.329 e. The highest BCUT2D eigenvalue weighted by atomic mass is 35.5. The van der Waals surface area contributed by atoms with E-state index in [0.717, 1.165) is 48.9 Å². The van der Waals surface area contributed by atoms with Crippen LogP contribution in [0.3, 0.4) is 0 Å². The minimum atomic E-state index is -4.45. The first-order chi connectivity index (χ1) is 16.9. The lowest BCUT2D eigenvalue weighted by Crippen LogP contribution is -2.38. The Bertz CT molecular complexity index is 1200. The highest BCUT2D eigenvalue weighted by Gasteiger charge is 2.32. The topological polar surface area (TPSA) is 38.1 Å². The molecule has 0 bridgehead atoms. The van der Waals surface area contributed by atoms with E-state index in [2.05, 4.69) is 23.4 Å². The number of halogens is 4. The van der Waals surface area contributed by atoms with Crippen LogP contribution in [-0.2, 0) is 12.7 Å². The monoisotopic (exact) mass is 521 g/mol. The first-order valence-corrected chi connectivity index (χ1v) is 12.9. The van der Waals surface area contributed by atoms with Crippen molar-refractivity contribution < 1.29 is 18.0 Å². The summed E-state index contributed by atoms with van der Waals surface area (Å²) in [6, 6.07) is 7.22. The highest BCUT2D eigenvalue weighted by molar-refractivity contribution is 6.30. The van der Waals surface area contributed by atoms with Crippen molar-refractivity contribution in [2.75, 3.05) is 0 Å². The van der Waals surface area contributed by atoms with Crippen LogP contribution in [0.15, 0.2) is 30.3 Å². The third kappa shape index (κ3) is 5.88. The average Bonchev–Trinajstić information content (AvgIpc) is 3.12. The van der Waals surface area contributed by atoms with Gasteiger partial charge in [-0.15, -0.1) is 0 Å². The van der Waals surface area contributed by atoms with Crippen LogP contribution >= 0.6 is 11.6 Å². The van der Waals surface area contributed by atoms with Crippen LogP contribution in [0.5, 0.6) is 0 Å². The Morgan fingerprint density at radius 2 is 1.64 bits per heavy atom. The number of aryl methyl sites for hydroxylation is 2. The summed E-state index contributed by atoms with van der Waals surface area (Å²) in [4.78, 5) is 20.2. The number of fused-ring (bicyclic) bond motifs is 1. The molecule has 4 nitrogen and oxygen atoms in total. The van der Waals surface area contributed by atoms with E-state index in [1.54, 1.807) is 17.0 Å². The van der Waals surface area contributed by atoms with Gasteiger partial charge in [0.15, 0.2) is 0 Å². The molecule has 1 amide bonds. The van der Waals surface area contributed by atoms with E-state index in [1.165, 1.54) is 6.07 Å². The maximum atomic E-state index is 13.8. The molecule has 0 radical (unpaired) electrons. The van der Waals surface area contributed by atoms with Gasteiger partial charge in [0.2, 0.25) is 0 Å². The number of nitrogens with zero attached hydrogens (tertiary/aromatic N) is 3. The Labute approximate surface area is 216 Å². The molecule has 0 unspecified atom stereocenters. The molecule has 196 valence electrons. The van der Waals surface area contributed by atoms with Gasteiger partial charge in [0.25, 0.3) is 5.91 Å².